The number of rotatable bonds is 22. The highest BCUT2D eigenvalue weighted by molar-refractivity contribution is 7.84. The van der Waals surface area contributed by atoms with E-state index in [2.05, 4.69) is 99.6 Å². The molecule has 1 atom stereocenters. The van der Waals surface area contributed by atoms with Crippen molar-refractivity contribution in [1.29, 1.82) is 0 Å². The lowest BCUT2D eigenvalue weighted by molar-refractivity contribution is 0.304. The van der Waals surface area contributed by atoms with E-state index >= 15 is 0 Å². The largest absolute Gasteiger partial charge is 0.494 e. The number of hydrogen-bond acceptors (Lipinski definition) is 2. The van der Waals surface area contributed by atoms with Crippen LogP contribution in [0.1, 0.15) is 126 Å². The van der Waals surface area contributed by atoms with Crippen molar-refractivity contribution in [3.8, 4) is 5.75 Å². The Hall–Kier alpha value is -2.65. The van der Waals surface area contributed by atoms with Crippen molar-refractivity contribution in [2.45, 2.75) is 111 Å². The predicted octanol–water partition coefficient (Wildman–Crippen LogP) is 11.6. The highest BCUT2D eigenvalue weighted by atomic mass is 32.2. The highest BCUT2D eigenvalue weighted by Gasteiger charge is 2.13. The van der Waals surface area contributed by atoms with E-state index in [1.165, 1.54) is 97.6 Å². The van der Waals surface area contributed by atoms with Crippen molar-refractivity contribution < 1.29 is 8.95 Å². The van der Waals surface area contributed by atoms with E-state index in [1.807, 2.05) is 0 Å². The standard InChI is InChI=1S/C40H56O2S/c1-4-6-19-32-43(41)33-20-14-12-10-8-7-9-11-13-18-31-42-38-29-27-37(28-30-38)40(36-25-23-34(3)24-26-36)39(5-2)35-21-16-15-17-22-35/h15-17,21-30H,4-14,18-20,31-33H2,1-3H3/b40-39+. The van der Waals surface area contributed by atoms with Gasteiger partial charge in [0.1, 0.15) is 5.75 Å². The molecule has 234 valence electrons. The third-order valence-electron chi connectivity index (χ3n) is 8.27. The Bertz CT molecular complexity index is 1200. The monoisotopic (exact) mass is 600 g/mol. The highest BCUT2D eigenvalue weighted by Crippen LogP contribution is 2.35. The molecule has 0 saturated heterocycles. The van der Waals surface area contributed by atoms with Crippen molar-refractivity contribution in [1.82, 2.24) is 0 Å². The molecule has 0 fully saturated rings. The fraction of sp³-hybridized carbons (Fsp3) is 0.500. The molecule has 1 unspecified atom stereocenters. The van der Waals surface area contributed by atoms with Gasteiger partial charge in [0.2, 0.25) is 0 Å². The van der Waals surface area contributed by atoms with Crippen LogP contribution in [0.15, 0.2) is 78.9 Å². The smallest absolute Gasteiger partial charge is 0.119 e. The molecule has 0 aliphatic carbocycles. The second kappa shape index (κ2) is 21.1. The molecule has 0 aromatic heterocycles. The second-order valence-corrected chi connectivity index (χ2v) is 13.6. The first-order chi connectivity index (χ1) is 21.1. The summed E-state index contributed by atoms with van der Waals surface area (Å²) < 4.78 is 18.1. The number of allylic oxidation sites excluding steroid dienone is 1. The maximum absolute atomic E-state index is 12.0. The van der Waals surface area contributed by atoms with Crippen molar-refractivity contribution in [2.24, 2.45) is 0 Å². The van der Waals surface area contributed by atoms with Gasteiger partial charge in [-0.05, 0) is 72.6 Å². The van der Waals surface area contributed by atoms with Gasteiger partial charge < -0.3 is 4.74 Å². The summed E-state index contributed by atoms with van der Waals surface area (Å²) in [6, 6.07) is 28.4. The average molecular weight is 601 g/mol. The van der Waals surface area contributed by atoms with Gasteiger partial charge in [0.05, 0.1) is 6.61 Å². The first-order valence-corrected chi connectivity index (χ1v) is 18.5. The SMILES string of the molecule is CCCCCS(=O)CCCCCCCCCCCCOc1ccc(/C(=C(\CC)c2ccccc2)c2ccc(C)cc2)cc1. The zero-order valence-corrected chi connectivity index (χ0v) is 28.1. The van der Waals surface area contributed by atoms with Gasteiger partial charge in [-0.1, -0.05) is 150 Å². The van der Waals surface area contributed by atoms with Gasteiger partial charge in [-0.2, -0.15) is 0 Å². The van der Waals surface area contributed by atoms with E-state index in [4.69, 9.17) is 4.74 Å². The van der Waals surface area contributed by atoms with Crippen LogP contribution < -0.4 is 4.74 Å². The van der Waals surface area contributed by atoms with E-state index in [1.54, 1.807) is 0 Å². The lowest BCUT2D eigenvalue weighted by Crippen LogP contribution is -2.02. The van der Waals surface area contributed by atoms with Crippen molar-refractivity contribution in [3.63, 3.8) is 0 Å². The zero-order valence-electron chi connectivity index (χ0n) is 27.3. The normalized spacial score (nSPS) is 12.6. The molecular weight excluding hydrogens is 545 g/mol. The number of ether oxygens (including phenoxy) is 1. The van der Waals surface area contributed by atoms with Crippen LogP contribution in [0.25, 0.3) is 11.1 Å². The van der Waals surface area contributed by atoms with Gasteiger partial charge in [-0.25, -0.2) is 0 Å². The number of hydrogen-bond donors (Lipinski definition) is 0. The molecule has 0 N–H and O–H groups in total. The average Bonchev–Trinajstić information content (AvgIpc) is 3.03. The van der Waals surface area contributed by atoms with Crippen molar-refractivity contribution in [2.75, 3.05) is 18.1 Å². The Labute approximate surface area is 265 Å². The molecule has 3 aromatic carbocycles. The van der Waals surface area contributed by atoms with Gasteiger partial charge in [-0.3, -0.25) is 4.21 Å². The third kappa shape index (κ3) is 13.3. The zero-order chi connectivity index (χ0) is 30.5. The van der Waals surface area contributed by atoms with E-state index in [-0.39, 0.29) is 0 Å². The minimum Gasteiger partial charge on any atom is -0.494 e. The molecule has 0 heterocycles. The summed E-state index contributed by atoms with van der Waals surface area (Å²) in [5.41, 5.74) is 7.71. The van der Waals surface area contributed by atoms with E-state index < -0.39 is 10.8 Å². The predicted molar refractivity (Wildman–Crippen MR) is 189 cm³/mol. The van der Waals surface area contributed by atoms with Crippen LogP contribution >= 0.6 is 0 Å². The van der Waals surface area contributed by atoms with Crippen LogP contribution in [0, 0.1) is 6.92 Å². The summed E-state index contributed by atoms with van der Waals surface area (Å²) >= 11 is 0. The number of aryl methyl sites for hydroxylation is 1. The minimum atomic E-state index is -0.581. The molecule has 0 amide bonds. The van der Waals surface area contributed by atoms with Crippen molar-refractivity contribution in [3.05, 3.63) is 101 Å². The molecule has 3 heteroatoms. The van der Waals surface area contributed by atoms with Crippen LogP contribution in [0.4, 0.5) is 0 Å². The van der Waals surface area contributed by atoms with Gasteiger partial charge in [-0.15, -0.1) is 0 Å². The molecular formula is C40H56O2S. The van der Waals surface area contributed by atoms with Crippen LogP contribution in [0.3, 0.4) is 0 Å². The summed E-state index contributed by atoms with van der Waals surface area (Å²) in [6.45, 7) is 7.37. The lowest BCUT2D eigenvalue weighted by atomic mass is 9.88. The molecule has 0 saturated carbocycles. The summed E-state index contributed by atoms with van der Waals surface area (Å²) in [5, 5.41) is 0. The van der Waals surface area contributed by atoms with Crippen molar-refractivity contribution >= 4 is 21.9 Å². The molecule has 0 spiro atoms. The van der Waals surface area contributed by atoms with E-state index in [0.717, 1.165) is 49.5 Å². The van der Waals surface area contributed by atoms with Crippen LogP contribution in [-0.2, 0) is 10.8 Å². The van der Waals surface area contributed by atoms with Gasteiger partial charge >= 0.3 is 0 Å². The molecule has 3 aromatic rings. The van der Waals surface area contributed by atoms with Crippen LogP contribution in [-0.4, -0.2) is 22.3 Å². The summed E-state index contributed by atoms with van der Waals surface area (Å²) in [7, 11) is -0.581. The summed E-state index contributed by atoms with van der Waals surface area (Å²) in [4.78, 5) is 0. The lowest BCUT2D eigenvalue weighted by Gasteiger charge is -2.17. The molecule has 43 heavy (non-hydrogen) atoms. The fourth-order valence-corrected chi connectivity index (χ4v) is 6.96. The first kappa shape index (κ1) is 34.8. The summed E-state index contributed by atoms with van der Waals surface area (Å²) in [5.74, 6) is 2.78. The maximum Gasteiger partial charge on any atom is 0.119 e. The fourth-order valence-electron chi connectivity index (χ4n) is 5.70. The maximum atomic E-state index is 12.0. The van der Waals surface area contributed by atoms with Crippen LogP contribution in [0.2, 0.25) is 0 Å². The Kier molecular flexibility index (Phi) is 17.1. The van der Waals surface area contributed by atoms with Crippen LogP contribution in [0.5, 0.6) is 5.75 Å². The first-order valence-electron chi connectivity index (χ1n) is 17.1. The molecule has 0 radical (unpaired) electrons. The number of benzene rings is 3. The topological polar surface area (TPSA) is 26.3 Å². The third-order valence-corrected chi connectivity index (χ3v) is 9.76. The minimum absolute atomic E-state index is 0.581. The summed E-state index contributed by atoms with van der Waals surface area (Å²) in [6.07, 6.45) is 17.2. The Balaban J connectivity index is 1.35. The van der Waals surface area contributed by atoms with Gasteiger partial charge in [0.15, 0.2) is 0 Å². The number of unbranched alkanes of at least 4 members (excludes halogenated alkanes) is 11. The molecule has 0 aliphatic heterocycles. The molecule has 2 nitrogen and oxygen atoms in total. The quantitative estimate of drug-likeness (QED) is 0.0847. The molecule has 3 rings (SSSR count). The second-order valence-electron chi connectivity index (χ2n) is 11.9. The molecule has 0 aliphatic rings. The Morgan fingerprint density at radius 1 is 0.581 bits per heavy atom. The van der Waals surface area contributed by atoms with E-state index in [0.29, 0.717) is 0 Å². The van der Waals surface area contributed by atoms with E-state index in [9.17, 15) is 4.21 Å². The van der Waals surface area contributed by atoms with Gasteiger partial charge in [0, 0.05) is 22.3 Å². The Morgan fingerprint density at radius 3 is 1.65 bits per heavy atom. The van der Waals surface area contributed by atoms with Gasteiger partial charge in [0.25, 0.3) is 0 Å². The Morgan fingerprint density at radius 2 is 1.09 bits per heavy atom. The molecule has 0 bridgehead atoms.